The average molecular weight is 267 g/mol. The van der Waals surface area contributed by atoms with Gasteiger partial charge in [-0.15, -0.1) is 11.3 Å². The van der Waals surface area contributed by atoms with E-state index in [4.69, 9.17) is 5.73 Å². The normalized spacial score (nSPS) is 16.9. The number of piperidine rings is 1. The van der Waals surface area contributed by atoms with E-state index < -0.39 is 0 Å². The Kier molecular flexibility index (Phi) is 4.11. The van der Waals surface area contributed by atoms with Crippen molar-refractivity contribution in [3.8, 4) is 0 Å². The number of nitrogen functional groups attached to an aromatic ring is 1. The molecule has 1 amide bonds. The van der Waals surface area contributed by atoms with Crippen molar-refractivity contribution in [3.05, 3.63) is 10.9 Å². The van der Waals surface area contributed by atoms with Crippen molar-refractivity contribution in [2.45, 2.75) is 26.2 Å². The van der Waals surface area contributed by atoms with Gasteiger partial charge in [0.1, 0.15) is 4.88 Å². The predicted molar refractivity (Wildman–Crippen MR) is 77.3 cm³/mol. The third-order valence-electron chi connectivity index (χ3n) is 3.68. The highest BCUT2D eigenvalue weighted by molar-refractivity contribution is 7.18. The number of carbonyl (C=O) groups is 1. The second-order valence-corrected chi connectivity index (χ2v) is 5.82. The van der Waals surface area contributed by atoms with Crippen LogP contribution < -0.4 is 16.0 Å². The maximum atomic E-state index is 11.6. The molecular weight excluding hydrogens is 246 g/mol. The second-order valence-electron chi connectivity index (χ2n) is 4.79. The van der Waals surface area contributed by atoms with Crippen molar-refractivity contribution < 1.29 is 4.79 Å². The number of thiophene rings is 1. The number of nitrogens with one attached hydrogen (secondary N) is 1. The first-order valence-electron chi connectivity index (χ1n) is 6.52. The van der Waals surface area contributed by atoms with E-state index in [1.165, 1.54) is 30.6 Å². The van der Waals surface area contributed by atoms with Crippen molar-refractivity contribution in [3.63, 3.8) is 0 Å². The molecule has 0 aliphatic carbocycles. The monoisotopic (exact) mass is 267 g/mol. The molecule has 4 nitrogen and oxygen atoms in total. The van der Waals surface area contributed by atoms with Gasteiger partial charge in [-0.25, -0.2) is 0 Å². The van der Waals surface area contributed by atoms with Gasteiger partial charge < -0.3 is 16.0 Å². The Morgan fingerprint density at radius 2 is 2.22 bits per heavy atom. The summed E-state index contributed by atoms with van der Waals surface area (Å²) in [5.41, 5.74) is 6.49. The van der Waals surface area contributed by atoms with Crippen LogP contribution in [0.3, 0.4) is 0 Å². The fourth-order valence-corrected chi connectivity index (χ4v) is 3.48. The van der Waals surface area contributed by atoms with Gasteiger partial charge >= 0.3 is 0 Å². The first-order valence-corrected chi connectivity index (χ1v) is 7.33. The van der Waals surface area contributed by atoms with E-state index in [1.54, 1.807) is 7.05 Å². The molecule has 1 fully saturated rings. The Morgan fingerprint density at radius 1 is 1.56 bits per heavy atom. The first kappa shape index (κ1) is 13.2. The molecular formula is C13H21N3OS. The number of nitrogens with zero attached hydrogens (tertiary/aromatic N) is 1. The van der Waals surface area contributed by atoms with E-state index >= 15 is 0 Å². The maximum Gasteiger partial charge on any atom is 0.263 e. The average Bonchev–Trinajstić information content (AvgIpc) is 2.80. The van der Waals surface area contributed by atoms with Crippen LogP contribution in [0.15, 0.2) is 6.07 Å². The van der Waals surface area contributed by atoms with E-state index in [1.807, 2.05) is 6.07 Å². The molecule has 2 rings (SSSR count). The Labute approximate surface area is 112 Å². The van der Waals surface area contributed by atoms with Gasteiger partial charge in [0.25, 0.3) is 5.91 Å². The number of rotatable bonds is 3. The van der Waals surface area contributed by atoms with Gasteiger partial charge in [0.15, 0.2) is 0 Å². The van der Waals surface area contributed by atoms with Crippen LogP contribution in [0, 0.1) is 5.92 Å². The Morgan fingerprint density at radius 3 is 2.78 bits per heavy atom. The highest BCUT2D eigenvalue weighted by Crippen LogP contribution is 2.34. The van der Waals surface area contributed by atoms with Crippen LogP contribution in [0.5, 0.6) is 0 Å². The molecule has 0 saturated carbocycles. The highest BCUT2D eigenvalue weighted by Gasteiger charge is 2.21. The van der Waals surface area contributed by atoms with Crippen LogP contribution in [-0.2, 0) is 0 Å². The van der Waals surface area contributed by atoms with Gasteiger partial charge in [0.2, 0.25) is 0 Å². The molecule has 18 heavy (non-hydrogen) atoms. The second kappa shape index (κ2) is 5.61. The molecule has 0 radical (unpaired) electrons. The van der Waals surface area contributed by atoms with Crippen molar-refractivity contribution in [1.29, 1.82) is 0 Å². The summed E-state index contributed by atoms with van der Waals surface area (Å²) in [5, 5.41) is 3.75. The predicted octanol–water partition coefficient (Wildman–Crippen LogP) is 2.32. The molecule has 0 bridgehead atoms. The lowest BCUT2D eigenvalue weighted by Gasteiger charge is -2.32. The summed E-state index contributed by atoms with van der Waals surface area (Å²) >= 11 is 1.50. The standard InChI is InChI=1S/C13H21N3OS/c1-3-9-4-6-16(7-5-9)11-8-10(14)12(18-11)13(17)15-2/h8-9H,3-7,14H2,1-2H3,(H,15,17). The van der Waals surface area contributed by atoms with E-state index in [2.05, 4.69) is 17.1 Å². The summed E-state index contributed by atoms with van der Waals surface area (Å²) in [4.78, 5) is 14.6. The third-order valence-corrected chi connectivity index (χ3v) is 4.90. The molecule has 3 N–H and O–H groups in total. The van der Waals surface area contributed by atoms with Gasteiger partial charge in [0.05, 0.1) is 10.7 Å². The van der Waals surface area contributed by atoms with Crippen molar-refractivity contribution in [2.75, 3.05) is 30.8 Å². The number of hydrogen-bond acceptors (Lipinski definition) is 4. The molecule has 1 aromatic rings. The molecule has 0 aromatic carbocycles. The summed E-state index contributed by atoms with van der Waals surface area (Å²) < 4.78 is 0. The summed E-state index contributed by atoms with van der Waals surface area (Å²) in [6.45, 7) is 4.41. The Bertz CT molecular complexity index is 422. The molecule has 1 aromatic heterocycles. The van der Waals surface area contributed by atoms with Gasteiger partial charge in [-0.3, -0.25) is 4.79 Å². The van der Waals surface area contributed by atoms with Crippen LogP contribution in [0.4, 0.5) is 10.7 Å². The molecule has 1 aliphatic rings. The minimum absolute atomic E-state index is 0.0906. The highest BCUT2D eigenvalue weighted by atomic mass is 32.1. The summed E-state index contributed by atoms with van der Waals surface area (Å²) in [5.74, 6) is 0.768. The molecule has 2 heterocycles. The molecule has 100 valence electrons. The zero-order chi connectivity index (χ0) is 13.1. The largest absolute Gasteiger partial charge is 0.397 e. The van der Waals surface area contributed by atoms with E-state index in [9.17, 15) is 4.79 Å². The van der Waals surface area contributed by atoms with Gasteiger partial charge in [-0.05, 0) is 24.8 Å². The first-order chi connectivity index (χ1) is 8.65. The van der Waals surface area contributed by atoms with E-state index in [-0.39, 0.29) is 5.91 Å². The number of amides is 1. The summed E-state index contributed by atoms with van der Waals surface area (Å²) in [6.07, 6.45) is 3.75. The third kappa shape index (κ3) is 2.61. The Balaban J connectivity index is 2.08. The lowest BCUT2D eigenvalue weighted by molar-refractivity contribution is 0.0968. The summed E-state index contributed by atoms with van der Waals surface area (Å²) in [6, 6.07) is 1.93. The van der Waals surface area contributed by atoms with Gasteiger partial charge in [-0.2, -0.15) is 0 Å². The quantitative estimate of drug-likeness (QED) is 0.883. The molecule has 0 atom stereocenters. The maximum absolute atomic E-state index is 11.6. The van der Waals surface area contributed by atoms with Crippen LogP contribution >= 0.6 is 11.3 Å². The van der Waals surface area contributed by atoms with Gasteiger partial charge in [0, 0.05) is 20.1 Å². The van der Waals surface area contributed by atoms with Crippen LogP contribution in [0.2, 0.25) is 0 Å². The minimum atomic E-state index is -0.0906. The van der Waals surface area contributed by atoms with Crippen molar-refractivity contribution in [2.24, 2.45) is 5.92 Å². The van der Waals surface area contributed by atoms with Crippen molar-refractivity contribution in [1.82, 2.24) is 5.32 Å². The van der Waals surface area contributed by atoms with E-state index in [0.29, 0.717) is 10.6 Å². The number of carbonyl (C=O) groups excluding carboxylic acids is 1. The fraction of sp³-hybridized carbons (Fsp3) is 0.615. The SMILES string of the molecule is CCC1CCN(c2cc(N)c(C(=O)NC)s2)CC1. The van der Waals surface area contributed by atoms with Crippen LogP contribution in [0.25, 0.3) is 0 Å². The smallest absolute Gasteiger partial charge is 0.263 e. The molecule has 0 unspecified atom stereocenters. The molecule has 1 saturated heterocycles. The number of hydrogen-bond donors (Lipinski definition) is 2. The topological polar surface area (TPSA) is 58.4 Å². The minimum Gasteiger partial charge on any atom is -0.397 e. The molecule has 5 heteroatoms. The van der Waals surface area contributed by atoms with Crippen molar-refractivity contribution >= 4 is 27.9 Å². The fourth-order valence-electron chi connectivity index (χ4n) is 2.40. The number of nitrogens with two attached hydrogens (primary N) is 1. The zero-order valence-electron chi connectivity index (χ0n) is 11.0. The lowest BCUT2D eigenvalue weighted by Crippen LogP contribution is -2.32. The number of anilines is 2. The Hall–Kier alpha value is -1.23. The van der Waals surface area contributed by atoms with E-state index in [0.717, 1.165) is 24.0 Å². The van der Waals surface area contributed by atoms with Gasteiger partial charge in [-0.1, -0.05) is 13.3 Å². The van der Waals surface area contributed by atoms with Crippen LogP contribution in [-0.4, -0.2) is 26.0 Å². The molecule has 0 spiro atoms. The summed E-state index contributed by atoms with van der Waals surface area (Å²) in [7, 11) is 1.63. The lowest BCUT2D eigenvalue weighted by atomic mass is 9.95. The zero-order valence-corrected chi connectivity index (χ0v) is 11.8. The van der Waals surface area contributed by atoms with Crippen LogP contribution in [0.1, 0.15) is 35.9 Å². The molecule has 1 aliphatic heterocycles.